The van der Waals surface area contributed by atoms with Crippen molar-refractivity contribution in [2.75, 3.05) is 23.7 Å². The van der Waals surface area contributed by atoms with E-state index < -0.39 is 5.91 Å². The van der Waals surface area contributed by atoms with Gasteiger partial charge >= 0.3 is 0 Å². The average Bonchev–Trinajstić information content (AvgIpc) is 2.26. The summed E-state index contributed by atoms with van der Waals surface area (Å²) >= 11 is 0. The fraction of sp³-hybridized carbons (Fsp3) is 0.385. The summed E-state index contributed by atoms with van der Waals surface area (Å²) in [5, 5.41) is 8.82. The molecule has 5 heteroatoms. The maximum atomic E-state index is 11.1. The molecule has 18 heavy (non-hydrogen) atoms. The van der Waals surface area contributed by atoms with E-state index in [1.54, 1.807) is 18.2 Å². The first-order chi connectivity index (χ1) is 8.43. The molecule has 0 spiro atoms. The number of benzene rings is 1. The van der Waals surface area contributed by atoms with E-state index in [-0.39, 0.29) is 6.54 Å². The Morgan fingerprint density at radius 3 is 2.61 bits per heavy atom. The molecule has 0 atom stereocenters. The number of carbonyl (C=O) groups excluding carboxylic acids is 1. The van der Waals surface area contributed by atoms with Gasteiger partial charge in [-0.1, -0.05) is 13.8 Å². The van der Waals surface area contributed by atoms with Crippen LogP contribution in [0.3, 0.4) is 0 Å². The summed E-state index contributed by atoms with van der Waals surface area (Å²) in [6, 6.07) is 7.14. The number of carbonyl (C=O) groups is 1. The Balaban J connectivity index is 3.01. The third kappa shape index (κ3) is 3.67. The first kappa shape index (κ1) is 13.8. The molecule has 0 heterocycles. The minimum Gasteiger partial charge on any atom is -0.398 e. The molecule has 96 valence electrons. The van der Waals surface area contributed by atoms with E-state index in [9.17, 15) is 4.79 Å². The Labute approximate surface area is 107 Å². The van der Waals surface area contributed by atoms with Crippen LogP contribution in [0, 0.1) is 17.2 Å². The summed E-state index contributed by atoms with van der Waals surface area (Å²) in [4.78, 5) is 12.9. The van der Waals surface area contributed by atoms with Crippen LogP contribution >= 0.6 is 0 Å². The quantitative estimate of drug-likeness (QED) is 0.760. The second-order valence-electron chi connectivity index (χ2n) is 4.62. The first-order valence-electron chi connectivity index (χ1n) is 5.77. The topological polar surface area (TPSA) is 96.1 Å². The predicted molar refractivity (Wildman–Crippen MR) is 71.8 cm³/mol. The van der Waals surface area contributed by atoms with E-state index in [0.29, 0.717) is 23.7 Å². The summed E-state index contributed by atoms with van der Waals surface area (Å²) in [5.74, 6) is -0.000186. The molecule has 1 amide bonds. The normalized spacial score (nSPS) is 10.1. The maximum Gasteiger partial charge on any atom is 0.236 e. The van der Waals surface area contributed by atoms with Gasteiger partial charge in [0.05, 0.1) is 17.8 Å². The highest BCUT2D eigenvalue weighted by atomic mass is 16.1. The highest BCUT2D eigenvalue weighted by Gasteiger charge is 2.12. The van der Waals surface area contributed by atoms with Crippen LogP contribution in [-0.4, -0.2) is 19.0 Å². The van der Waals surface area contributed by atoms with Gasteiger partial charge in [-0.05, 0) is 24.1 Å². The van der Waals surface area contributed by atoms with Crippen LogP contribution in [-0.2, 0) is 4.79 Å². The molecule has 0 radical (unpaired) electrons. The Hall–Kier alpha value is -2.22. The third-order valence-electron chi connectivity index (χ3n) is 2.45. The maximum absolute atomic E-state index is 11.1. The van der Waals surface area contributed by atoms with Crippen molar-refractivity contribution in [3.63, 3.8) is 0 Å². The molecule has 0 aliphatic carbocycles. The van der Waals surface area contributed by atoms with Gasteiger partial charge in [-0.3, -0.25) is 4.79 Å². The highest BCUT2D eigenvalue weighted by Crippen LogP contribution is 2.21. The molecule has 1 aromatic rings. The number of nitriles is 1. The molecule has 0 aromatic heterocycles. The molecule has 5 nitrogen and oxygen atoms in total. The van der Waals surface area contributed by atoms with Crippen LogP contribution in [0.4, 0.5) is 11.4 Å². The number of nitrogens with zero attached hydrogens (tertiary/aromatic N) is 2. The number of primary amides is 1. The van der Waals surface area contributed by atoms with E-state index in [0.717, 1.165) is 5.69 Å². The number of hydrogen-bond acceptors (Lipinski definition) is 4. The molecule has 0 unspecified atom stereocenters. The molecule has 4 N–H and O–H groups in total. The van der Waals surface area contributed by atoms with Crippen molar-refractivity contribution in [2.45, 2.75) is 13.8 Å². The van der Waals surface area contributed by atoms with E-state index >= 15 is 0 Å². The van der Waals surface area contributed by atoms with Gasteiger partial charge < -0.3 is 16.4 Å². The van der Waals surface area contributed by atoms with Gasteiger partial charge in [0.15, 0.2) is 0 Å². The van der Waals surface area contributed by atoms with Crippen molar-refractivity contribution >= 4 is 17.3 Å². The minimum absolute atomic E-state index is 0.142. The number of nitrogens with two attached hydrogens (primary N) is 2. The van der Waals surface area contributed by atoms with Crippen molar-refractivity contribution in [2.24, 2.45) is 11.7 Å². The predicted octanol–water partition coefficient (Wildman–Crippen LogP) is 1.09. The van der Waals surface area contributed by atoms with Crippen molar-refractivity contribution in [3.05, 3.63) is 23.8 Å². The van der Waals surface area contributed by atoms with Crippen molar-refractivity contribution in [1.82, 2.24) is 0 Å². The number of nitrogen functional groups attached to an aromatic ring is 1. The Bertz CT molecular complexity index is 476. The van der Waals surface area contributed by atoms with Gasteiger partial charge in [-0.15, -0.1) is 0 Å². The summed E-state index contributed by atoms with van der Waals surface area (Å²) in [6.45, 7) is 4.96. The molecule has 0 aliphatic rings. The molecule has 1 aromatic carbocycles. The zero-order chi connectivity index (χ0) is 13.7. The second-order valence-corrected chi connectivity index (χ2v) is 4.62. The number of rotatable bonds is 5. The fourth-order valence-corrected chi connectivity index (χ4v) is 1.74. The lowest BCUT2D eigenvalue weighted by Gasteiger charge is -2.25. The van der Waals surface area contributed by atoms with Crippen LogP contribution in [0.2, 0.25) is 0 Å². The summed E-state index contributed by atoms with van der Waals surface area (Å²) in [7, 11) is 0. The Morgan fingerprint density at radius 1 is 1.50 bits per heavy atom. The van der Waals surface area contributed by atoms with E-state index in [1.807, 2.05) is 11.0 Å². The first-order valence-corrected chi connectivity index (χ1v) is 5.77. The van der Waals surface area contributed by atoms with E-state index in [4.69, 9.17) is 16.7 Å². The zero-order valence-corrected chi connectivity index (χ0v) is 10.7. The highest BCUT2D eigenvalue weighted by molar-refractivity contribution is 5.80. The minimum atomic E-state index is -0.390. The van der Waals surface area contributed by atoms with Crippen LogP contribution in [0.5, 0.6) is 0 Å². The van der Waals surface area contributed by atoms with Crippen molar-refractivity contribution < 1.29 is 4.79 Å². The van der Waals surface area contributed by atoms with Gasteiger partial charge in [-0.2, -0.15) is 5.26 Å². The van der Waals surface area contributed by atoms with E-state index in [1.165, 1.54) is 0 Å². The van der Waals surface area contributed by atoms with Gasteiger partial charge in [0.25, 0.3) is 0 Å². The van der Waals surface area contributed by atoms with Gasteiger partial charge in [0, 0.05) is 12.2 Å². The lowest BCUT2D eigenvalue weighted by molar-refractivity contribution is -0.116. The standard InChI is InChI=1S/C13H18N4O/c1-9(2)7-17(8-13(16)18)11-4-3-10(6-14)12(15)5-11/h3-5,9H,7-8,15H2,1-2H3,(H2,16,18). The number of anilines is 2. The van der Waals surface area contributed by atoms with Gasteiger partial charge in [0.1, 0.15) is 6.07 Å². The lowest BCUT2D eigenvalue weighted by Crippen LogP contribution is -2.36. The second kappa shape index (κ2) is 5.92. The smallest absolute Gasteiger partial charge is 0.236 e. The number of amides is 1. The van der Waals surface area contributed by atoms with Crippen molar-refractivity contribution in [3.8, 4) is 6.07 Å². The largest absolute Gasteiger partial charge is 0.398 e. The monoisotopic (exact) mass is 246 g/mol. The molecule has 1 rings (SSSR count). The number of hydrogen-bond donors (Lipinski definition) is 2. The fourth-order valence-electron chi connectivity index (χ4n) is 1.74. The molecule has 0 saturated carbocycles. The molecular weight excluding hydrogens is 228 g/mol. The van der Waals surface area contributed by atoms with Gasteiger partial charge in [-0.25, -0.2) is 0 Å². The Morgan fingerprint density at radius 2 is 2.17 bits per heavy atom. The van der Waals surface area contributed by atoms with Crippen LogP contribution in [0.1, 0.15) is 19.4 Å². The molecule has 0 bridgehead atoms. The van der Waals surface area contributed by atoms with Crippen LogP contribution in [0.15, 0.2) is 18.2 Å². The molecular formula is C13H18N4O. The van der Waals surface area contributed by atoms with Crippen LogP contribution < -0.4 is 16.4 Å². The zero-order valence-electron chi connectivity index (χ0n) is 10.7. The van der Waals surface area contributed by atoms with Gasteiger partial charge in [0.2, 0.25) is 5.91 Å². The SMILES string of the molecule is CC(C)CN(CC(N)=O)c1ccc(C#N)c(N)c1. The summed E-state index contributed by atoms with van der Waals surface area (Å²) in [5.41, 5.74) is 12.7. The third-order valence-corrected chi connectivity index (χ3v) is 2.45. The molecule has 0 saturated heterocycles. The van der Waals surface area contributed by atoms with E-state index in [2.05, 4.69) is 13.8 Å². The summed E-state index contributed by atoms with van der Waals surface area (Å²) < 4.78 is 0. The average molecular weight is 246 g/mol. The van der Waals surface area contributed by atoms with Crippen molar-refractivity contribution in [1.29, 1.82) is 5.26 Å². The summed E-state index contributed by atoms with van der Waals surface area (Å²) in [6.07, 6.45) is 0. The molecule has 0 fully saturated rings. The van der Waals surface area contributed by atoms with Crippen LogP contribution in [0.25, 0.3) is 0 Å². The lowest BCUT2D eigenvalue weighted by atomic mass is 10.1. The molecule has 0 aliphatic heterocycles. The Kier molecular flexibility index (Phi) is 4.55.